The molecule has 2 aliphatic rings. The zero-order valence-corrected chi connectivity index (χ0v) is 15.5. The van der Waals surface area contributed by atoms with Gasteiger partial charge in [0.15, 0.2) is 0 Å². The zero-order valence-electron chi connectivity index (χ0n) is 14.7. The van der Waals surface area contributed by atoms with Crippen molar-refractivity contribution in [1.29, 1.82) is 0 Å². The van der Waals surface area contributed by atoms with Crippen LogP contribution in [0.4, 0.5) is 5.69 Å². The summed E-state index contributed by atoms with van der Waals surface area (Å²) in [6.07, 6.45) is 4.91. The van der Waals surface area contributed by atoms with Crippen molar-refractivity contribution >= 4 is 16.5 Å². The summed E-state index contributed by atoms with van der Waals surface area (Å²) in [5.41, 5.74) is 1.87. The number of rotatable bonds is 3. The van der Waals surface area contributed by atoms with Gasteiger partial charge < -0.3 is 19.4 Å². The summed E-state index contributed by atoms with van der Waals surface area (Å²) in [5, 5.41) is 0.514. The number of hydrogen-bond donors (Lipinski definition) is 1. The summed E-state index contributed by atoms with van der Waals surface area (Å²) in [4.78, 5) is 21.6. The number of morpholine rings is 1. The largest absolute Gasteiger partial charge is 0.375 e. The minimum absolute atomic E-state index is 0.0393. The van der Waals surface area contributed by atoms with Crippen LogP contribution in [0.15, 0.2) is 40.4 Å². The highest BCUT2D eigenvalue weighted by atomic mass is 32.2. The van der Waals surface area contributed by atoms with E-state index in [0.717, 1.165) is 11.1 Å². The fourth-order valence-corrected chi connectivity index (χ4v) is 4.00. The van der Waals surface area contributed by atoms with Crippen LogP contribution in [0, 0.1) is 0 Å². The van der Waals surface area contributed by atoms with Crippen LogP contribution in [-0.4, -0.2) is 58.4 Å². The van der Waals surface area contributed by atoms with Crippen molar-refractivity contribution in [3.8, 4) is 11.1 Å². The minimum Gasteiger partial charge on any atom is -0.375 e. The van der Waals surface area contributed by atoms with E-state index in [1.165, 1.54) is 0 Å². The first kappa shape index (κ1) is 17.4. The Balaban J connectivity index is 1.72. The van der Waals surface area contributed by atoms with Crippen LogP contribution >= 0.6 is 0 Å². The number of hydrogen-bond acceptors (Lipinski definition) is 6. The maximum absolute atomic E-state index is 12.5. The molecule has 8 heteroatoms. The molecule has 0 aliphatic carbocycles. The molecule has 7 nitrogen and oxygen atoms in total. The SMILES string of the molecule is CC1N(c2cc(-c3ccnc(S(C)=O)c3)c[nH]c2=O)CCOC12COC2. The van der Waals surface area contributed by atoms with Gasteiger partial charge in [0.05, 0.1) is 36.7 Å². The molecule has 2 atom stereocenters. The molecule has 0 saturated carbocycles. The normalized spacial score (nSPS) is 22.8. The molecule has 1 N–H and O–H groups in total. The third-order valence-corrected chi connectivity index (χ3v) is 6.01. The van der Waals surface area contributed by atoms with Crippen LogP contribution in [0.3, 0.4) is 0 Å². The molecule has 2 fully saturated rings. The fraction of sp³-hybridized carbons (Fsp3) is 0.444. The molecule has 2 unspecified atom stereocenters. The van der Waals surface area contributed by atoms with E-state index < -0.39 is 10.8 Å². The first-order valence-corrected chi connectivity index (χ1v) is 10.1. The summed E-state index contributed by atoms with van der Waals surface area (Å²) in [6, 6.07) is 5.55. The summed E-state index contributed by atoms with van der Waals surface area (Å²) in [6.45, 7) is 4.39. The molecular weight excluding hydrogens is 354 g/mol. The van der Waals surface area contributed by atoms with Gasteiger partial charge in [-0.15, -0.1) is 0 Å². The smallest absolute Gasteiger partial charge is 0.271 e. The van der Waals surface area contributed by atoms with E-state index in [2.05, 4.69) is 21.8 Å². The van der Waals surface area contributed by atoms with Crippen molar-refractivity contribution in [2.45, 2.75) is 23.6 Å². The third kappa shape index (κ3) is 2.87. The Morgan fingerprint density at radius 2 is 2.15 bits per heavy atom. The van der Waals surface area contributed by atoms with Crippen LogP contribution in [0.25, 0.3) is 11.1 Å². The Morgan fingerprint density at radius 3 is 2.85 bits per heavy atom. The molecular formula is C18H21N3O4S. The van der Waals surface area contributed by atoms with Crippen molar-refractivity contribution in [3.05, 3.63) is 40.9 Å². The van der Waals surface area contributed by atoms with Crippen LogP contribution in [0.5, 0.6) is 0 Å². The van der Waals surface area contributed by atoms with Gasteiger partial charge in [-0.2, -0.15) is 0 Å². The van der Waals surface area contributed by atoms with Gasteiger partial charge in [0.1, 0.15) is 16.3 Å². The molecule has 0 aromatic carbocycles. The average Bonchev–Trinajstić information content (AvgIpc) is 2.61. The van der Waals surface area contributed by atoms with Gasteiger partial charge in [0, 0.05) is 30.8 Å². The molecule has 26 heavy (non-hydrogen) atoms. The van der Waals surface area contributed by atoms with E-state index in [-0.39, 0.29) is 17.2 Å². The second-order valence-corrected chi connectivity index (χ2v) is 8.04. The Hall–Kier alpha value is -2.03. The third-order valence-electron chi connectivity index (χ3n) is 5.20. The van der Waals surface area contributed by atoms with E-state index in [1.54, 1.807) is 24.7 Å². The van der Waals surface area contributed by atoms with Gasteiger partial charge in [-0.05, 0) is 30.7 Å². The lowest BCUT2D eigenvalue weighted by Gasteiger charge is -2.53. The van der Waals surface area contributed by atoms with Crippen LogP contribution in [0.2, 0.25) is 0 Å². The molecule has 0 bridgehead atoms. The molecule has 2 saturated heterocycles. The Morgan fingerprint density at radius 1 is 1.35 bits per heavy atom. The number of aromatic nitrogens is 2. The number of pyridine rings is 2. The highest BCUT2D eigenvalue weighted by molar-refractivity contribution is 7.84. The standard InChI is InChI=1S/C18H21N3O4S/c1-12-18(10-24-11-18)25-6-5-21(12)15-7-14(9-20-17(15)22)13-3-4-19-16(8-13)26(2)23/h3-4,7-9,12H,5-6,10-11H2,1-2H3,(H,20,22). The first-order valence-electron chi connectivity index (χ1n) is 8.51. The summed E-state index contributed by atoms with van der Waals surface area (Å²) < 4.78 is 23.0. The van der Waals surface area contributed by atoms with Gasteiger partial charge in [0.2, 0.25) is 0 Å². The molecule has 2 aliphatic heterocycles. The monoisotopic (exact) mass is 375 g/mol. The highest BCUT2D eigenvalue weighted by Gasteiger charge is 2.50. The number of nitrogens with one attached hydrogen (secondary N) is 1. The lowest BCUT2D eigenvalue weighted by atomic mass is 9.90. The maximum atomic E-state index is 12.5. The van der Waals surface area contributed by atoms with Crippen molar-refractivity contribution in [1.82, 2.24) is 9.97 Å². The number of aromatic amines is 1. The number of H-pyrrole nitrogens is 1. The van der Waals surface area contributed by atoms with E-state index in [1.807, 2.05) is 12.1 Å². The zero-order chi connectivity index (χ0) is 18.3. The molecule has 2 aromatic rings. The van der Waals surface area contributed by atoms with Crippen molar-refractivity contribution < 1.29 is 13.7 Å². The summed E-state index contributed by atoms with van der Waals surface area (Å²) in [7, 11) is -1.16. The van der Waals surface area contributed by atoms with E-state index in [9.17, 15) is 9.00 Å². The van der Waals surface area contributed by atoms with Crippen molar-refractivity contribution in [3.63, 3.8) is 0 Å². The molecule has 138 valence electrons. The number of anilines is 1. The van der Waals surface area contributed by atoms with Crippen LogP contribution in [0.1, 0.15) is 6.92 Å². The van der Waals surface area contributed by atoms with Crippen molar-refractivity contribution in [2.75, 3.05) is 37.5 Å². The first-order chi connectivity index (χ1) is 12.5. The van der Waals surface area contributed by atoms with Crippen LogP contribution in [-0.2, 0) is 20.3 Å². The van der Waals surface area contributed by atoms with Gasteiger partial charge in [-0.25, -0.2) is 4.98 Å². The Labute approximate surface area is 153 Å². The molecule has 1 spiro atoms. The predicted molar refractivity (Wildman–Crippen MR) is 98.9 cm³/mol. The summed E-state index contributed by atoms with van der Waals surface area (Å²) >= 11 is 0. The minimum atomic E-state index is -1.16. The second kappa shape index (κ2) is 6.61. The van der Waals surface area contributed by atoms with Crippen LogP contribution < -0.4 is 10.5 Å². The van der Waals surface area contributed by atoms with Gasteiger partial charge >= 0.3 is 0 Å². The lowest BCUT2D eigenvalue weighted by Crippen LogP contribution is -2.68. The Bertz CT molecular complexity index is 909. The fourth-order valence-electron chi connectivity index (χ4n) is 3.50. The quantitative estimate of drug-likeness (QED) is 0.867. The van der Waals surface area contributed by atoms with Gasteiger partial charge in [-0.3, -0.25) is 9.00 Å². The number of ether oxygens (including phenoxy) is 2. The van der Waals surface area contributed by atoms with Crippen molar-refractivity contribution in [2.24, 2.45) is 0 Å². The lowest BCUT2D eigenvalue weighted by molar-refractivity contribution is -0.228. The second-order valence-electron chi connectivity index (χ2n) is 6.72. The van der Waals surface area contributed by atoms with Gasteiger partial charge in [-0.1, -0.05) is 0 Å². The topological polar surface area (TPSA) is 84.5 Å². The van der Waals surface area contributed by atoms with E-state index >= 15 is 0 Å². The molecule has 2 aromatic heterocycles. The predicted octanol–water partition coefficient (Wildman–Crippen LogP) is 1.17. The summed E-state index contributed by atoms with van der Waals surface area (Å²) in [5.74, 6) is 0. The average molecular weight is 375 g/mol. The van der Waals surface area contributed by atoms with E-state index in [4.69, 9.17) is 9.47 Å². The molecule has 0 radical (unpaired) electrons. The Kier molecular flexibility index (Phi) is 4.42. The molecule has 4 heterocycles. The molecule has 0 amide bonds. The van der Waals surface area contributed by atoms with Gasteiger partial charge in [0.25, 0.3) is 5.56 Å². The number of nitrogens with zero attached hydrogens (tertiary/aromatic N) is 2. The van der Waals surface area contributed by atoms with E-state index in [0.29, 0.717) is 37.1 Å². The highest BCUT2D eigenvalue weighted by Crippen LogP contribution is 2.34. The molecule has 4 rings (SSSR count). The maximum Gasteiger partial charge on any atom is 0.271 e.